The van der Waals surface area contributed by atoms with Gasteiger partial charge in [0.25, 0.3) is 11.8 Å². The lowest BCUT2D eigenvalue weighted by molar-refractivity contribution is -0.145. The van der Waals surface area contributed by atoms with Crippen LogP contribution in [-0.4, -0.2) is 40.0 Å². The SMILES string of the molecule is CC(C)NC(=O)c1cc(-c2sc(C(=O)NC3CC(C(=O)O)C3)nc2CC2CCCCC2)cc(C(C)(C)C)c1. The number of hydrogen-bond donors (Lipinski definition) is 3. The van der Waals surface area contributed by atoms with Crippen LogP contribution in [0, 0.1) is 11.8 Å². The Kier molecular flexibility index (Phi) is 8.60. The van der Waals surface area contributed by atoms with E-state index in [4.69, 9.17) is 10.1 Å². The molecule has 4 rings (SSSR count). The van der Waals surface area contributed by atoms with Crippen LogP contribution in [-0.2, 0) is 16.6 Å². The second kappa shape index (κ2) is 11.6. The van der Waals surface area contributed by atoms with E-state index in [1.54, 1.807) is 0 Å². The van der Waals surface area contributed by atoms with Gasteiger partial charge in [-0.1, -0.05) is 52.9 Å². The van der Waals surface area contributed by atoms with Gasteiger partial charge in [0.05, 0.1) is 16.5 Å². The van der Waals surface area contributed by atoms with E-state index in [2.05, 4.69) is 37.5 Å². The number of carbonyl (C=O) groups excluding carboxylic acids is 2. The molecule has 0 unspecified atom stereocenters. The summed E-state index contributed by atoms with van der Waals surface area (Å²) in [4.78, 5) is 43.2. The molecule has 8 heteroatoms. The number of carbonyl (C=O) groups is 3. The summed E-state index contributed by atoms with van der Waals surface area (Å²) in [6.07, 6.45) is 7.78. The van der Waals surface area contributed by atoms with Crippen LogP contribution in [0.1, 0.15) is 111 Å². The summed E-state index contributed by atoms with van der Waals surface area (Å²) in [7, 11) is 0. The average molecular weight is 540 g/mol. The molecule has 0 aliphatic heterocycles. The molecule has 2 saturated carbocycles. The topological polar surface area (TPSA) is 108 Å². The van der Waals surface area contributed by atoms with Gasteiger partial charge in [0, 0.05) is 17.6 Å². The first-order chi connectivity index (χ1) is 17.9. The monoisotopic (exact) mass is 539 g/mol. The predicted octanol–water partition coefficient (Wildman–Crippen LogP) is 5.96. The van der Waals surface area contributed by atoms with Gasteiger partial charge in [0.2, 0.25) is 0 Å². The Bertz CT molecular complexity index is 1180. The number of nitrogens with one attached hydrogen (secondary N) is 2. The van der Waals surface area contributed by atoms with Gasteiger partial charge in [-0.3, -0.25) is 14.4 Å². The Morgan fingerprint density at radius 1 is 1.05 bits per heavy atom. The maximum absolute atomic E-state index is 13.2. The minimum atomic E-state index is -0.808. The van der Waals surface area contributed by atoms with Gasteiger partial charge >= 0.3 is 5.97 Å². The molecule has 1 aromatic heterocycles. The van der Waals surface area contributed by atoms with Crippen LogP contribution in [0.2, 0.25) is 0 Å². The second-order valence-corrected chi connectivity index (χ2v) is 13.4. The third kappa shape index (κ3) is 6.82. The number of benzene rings is 1. The highest BCUT2D eigenvalue weighted by atomic mass is 32.1. The number of rotatable bonds is 8. The number of carboxylic acids is 1. The number of aromatic nitrogens is 1. The second-order valence-electron chi connectivity index (χ2n) is 12.4. The molecule has 2 aromatic rings. The average Bonchev–Trinajstić information content (AvgIpc) is 3.24. The van der Waals surface area contributed by atoms with Crippen molar-refractivity contribution in [2.45, 2.75) is 103 Å². The highest BCUT2D eigenvalue weighted by Gasteiger charge is 2.36. The fraction of sp³-hybridized carbons (Fsp3) is 0.600. The molecule has 2 aliphatic rings. The van der Waals surface area contributed by atoms with Gasteiger partial charge in [0.1, 0.15) is 0 Å². The number of thiazole rings is 1. The first-order valence-corrected chi connectivity index (χ1v) is 14.7. The van der Waals surface area contributed by atoms with E-state index >= 15 is 0 Å². The molecule has 1 aromatic carbocycles. The molecule has 2 amide bonds. The van der Waals surface area contributed by atoms with Gasteiger partial charge in [-0.25, -0.2) is 4.98 Å². The molecule has 2 fully saturated rings. The summed E-state index contributed by atoms with van der Waals surface area (Å²) in [5, 5.41) is 15.6. The van der Waals surface area contributed by atoms with Gasteiger partial charge in [-0.05, 0) is 73.8 Å². The number of aliphatic carboxylic acids is 1. The zero-order valence-electron chi connectivity index (χ0n) is 23.2. The minimum absolute atomic E-state index is 0.0250. The van der Waals surface area contributed by atoms with Crippen molar-refractivity contribution in [3.63, 3.8) is 0 Å². The summed E-state index contributed by atoms with van der Waals surface area (Å²) < 4.78 is 0. The molecule has 1 heterocycles. The molecule has 0 radical (unpaired) electrons. The van der Waals surface area contributed by atoms with Gasteiger partial charge in [-0.2, -0.15) is 0 Å². The van der Waals surface area contributed by atoms with Crippen LogP contribution < -0.4 is 10.6 Å². The third-order valence-electron chi connectivity index (χ3n) is 7.66. The van der Waals surface area contributed by atoms with Crippen molar-refractivity contribution >= 4 is 29.1 Å². The lowest BCUT2D eigenvalue weighted by atomic mass is 9.80. The minimum Gasteiger partial charge on any atom is -0.481 e. The lowest BCUT2D eigenvalue weighted by Crippen LogP contribution is -2.46. The molecule has 7 nitrogen and oxygen atoms in total. The number of hydrogen-bond acceptors (Lipinski definition) is 5. The predicted molar refractivity (Wildman–Crippen MR) is 151 cm³/mol. The molecule has 38 heavy (non-hydrogen) atoms. The van der Waals surface area contributed by atoms with Crippen LogP contribution in [0.5, 0.6) is 0 Å². The van der Waals surface area contributed by atoms with Crippen molar-refractivity contribution in [3.05, 3.63) is 40.0 Å². The van der Waals surface area contributed by atoms with E-state index in [0.29, 0.717) is 29.3 Å². The van der Waals surface area contributed by atoms with Crippen molar-refractivity contribution in [3.8, 4) is 10.4 Å². The van der Waals surface area contributed by atoms with Gasteiger partial charge < -0.3 is 15.7 Å². The molecule has 3 N–H and O–H groups in total. The van der Waals surface area contributed by atoms with E-state index in [-0.39, 0.29) is 35.2 Å². The fourth-order valence-corrected chi connectivity index (χ4v) is 6.31. The first-order valence-electron chi connectivity index (χ1n) is 13.9. The van der Waals surface area contributed by atoms with Crippen molar-refractivity contribution < 1.29 is 19.5 Å². The summed E-state index contributed by atoms with van der Waals surface area (Å²) in [6, 6.07) is 5.92. The largest absolute Gasteiger partial charge is 0.481 e. The molecular weight excluding hydrogens is 498 g/mol. The Morgan fingerprint density at radius 2 is 1.74 bits per heavy atom. The highest BCUT2D eigenvalue weighted by Crippen LogP contribution is 2.38. The zero-order valence-corrected chi connectivity index (χ0v) is 24.0. The Morgan fingerprint density at radius 3 is 2.34 bits per heavy atom. The third-order valence-corrected chi connectivity index (χ3v) is 8.81. The Hall–Kier alpha value is -2.74. The lowest BCUT2D eigenvalue weighted by Gasteiger charge is -2.32. The standard InChI is InChI=1S/C30H41N3O4S/c1-17(2)31-26(34)20-12-19(13-22(14-20)30(3,4)5)25-24(11-18-9-7-6-8-10-18)33-28(38-25)27(35)32-23-15-21(16-23)29(36)37/h12-14,17-18,21,23H,6-11,15-16H2,1-5H3,(H,31,34)(H,32,35)(H,36,37). The molecule has 206 valence electrons. The molecule has 2 aliphatic carbocycles. The summed E-state index contributed by atoms with van der Waals surface area (Å²) in [5.74, 6) is -1.01. The maximum Gasteiger partial charge on any atom is 0.306 e. The normalized spacial score (nSPS) is 20.2. The summed E-state index contributed by atoms with van der Waals surface area (Å²) in [6.45, 7) is 10.3. The quantitative estimate of drug-likeness (QED) is 0.383. The maximum atomic E-state index is 13.2. The van der Waals surface area contributed by atoms with E-state index in [9.17, 15) is 14.4 Å². The Labute approximate surface area is 229 Å². The van der Waals surface area contributed by atoms with Crippen LogP contribution in [0.4, 0.5) is 0 Å². The van der Waals surface area contributed by atoms with E-state index in [1.807, 2.05) is 26.0 Å². The summed E-state index contributed by atoms with van der Waals surface area (Å²) >= 11 is 1.38. The van der Waals surface area contributed by atoms with Crippen LogP contribution in [0.25, 0.3) is 10.4 Å². The molecule has 0 atom stereocenters. The molecule has 0 bridgehead atoms. The number of nitrogens with zero attached hydrogens (tertiary/aromatic N) is 1. The molecule has 0 spiro atoms. The van der Waals surface area contributed by atoms with Crippen molar-refractivity contribution in [1.82, 2.24) is 15.6 Å². The first kappa shape index (κ1) is 28.3. The highest BCUT2D eigenvalue weighted by molar-refractivity contribution is 7.17. The number of amides is 2. The van der Waals surface area contributed by atoms with Crippen LogP contribution in [0.15, 0.2) is 18.2 Å². The van der Waals surface area contributed by atoms with E-state index < -0.39 is 5.97 Å². The molecular formula is C30H41N3O4S. The van der Waals surface area contributed by atoms with E-state index in [1.165, 1.54) is 43.4 Å². The van der Waals surface area contributed by atoms with Crippen LogP contribution >= 0.6 is 11.3 Å². The van der Waals surface area contributed by atoms with Crippen molar-refractivity contribution in [2.75, 3.05) is 0 Å². The van der Waals surface area contributed by atoms with Crippen LogP contribution in [0.3, 0.4) is 0 Å². The van der Waals surface area contributed by atoms with Crippen molar-refractivity contribution in [2.24, 2.45) is 11.8 Å². The number of carboxylic acid groups (broad SMARTS) is 1. The zero-order chi connectivity index (χ0) is 27.6. The van der Waals surface area contributed by atoms with E-state index in [0.717, 1.165) is 28.1 Å². The molecule has 0 saturated heterocycles. The smallest absolute Gasteiger partial charge is 0.306 e. The van der Waals surface area contributed by atoms with Gasteiger partial charge in [-0.15, -0.1) is 11.3 Å². The summed E-state index contributed by atoms with van der Waals surface area (Å²) in [5.41, 5.74) is 3.34. The van der Waals surface area contributed by atoms with Gasteiger partial charge in [0.15, 0.2) is 5.01 Å². The Balaban J connectivity index is 1.69. The fourth-order valence-electron chi connectivity index (χ4n) is 5.33. The van der Waals surface area contributed by atoms with Crippen molar-refractivity contribution in [1.29, 1.82) is 0 Å².